The Balaban J connectivity index is 1.36. The largest absolute Gasteiger partial charge is 0.383 e. The Bertz CT molecular complexity index is 1030. The first-order valence-electron chi connectivity index (χ1n) is 11.1. The average molecular weight is 408 g/mol. The van der Waals surface area contributed by atoms with E-state index in [4.69, 9.17) is 15.6 Å². The average Bonchev–Trinajstić information content (AvgIpc) is 3.28. The van der Waals surface area contributed by atoms with Gasteiger partial charge < -0.3 is 20.8 Å². The van der Waals surface area contributed by atoms with E-state index in [1.165, 1.54) is 43.4 Å². The lowest BCUT2D eigenvalue weighted by molar-refractivity contribution is 0.326. The summed E-state index contributed by atoms with van der Waals surface area (Å²) in [6.07, 6.45) is 12.1. The fourth-order valence-corrected chi connectivity index (χ4v) is 5.30. The number of hydrogen-bond acceptors (Lipinski definition) is 6. The molecule has 5 N–H and O–H groups in total. The third kappa shape index (κ3) is 2.89. The van der Waals surface area contributed by atoms with Gasteiger partial charge in [-0.1, -0.05) is 31.4 Å². The van der Waals surface area contributed by atoms with E-state index in [0.717, 1.165) is 29.2 Å². The summed E-state index contributed by atoms with van der Waals surface area (Å²) in [6, 6.07) is 2.63. The van der Waals surface area contributed by atoms with Gasteiger partial charge in [0.1, 0.15) is 36.3 Å². The molecule has 0 spiro atoms. The van der Waals surface area contributed by atoms with Gasteiger partial charge in [0.25, 0.3) is 0 Å². The van der Waals surface area contributed by atoms with E-state index in [1.54, 1.807) is 0 Å². The topological polar surface area (TPSA) is 109 Å². The number of aromatic amines is 1. The van der Waals surface area contributed by atoms with Crippen molar-refractivity contribution in [3.63, 3.8) is 0 Å². The zero-order valence-corrected chi connectivity index (χ0v) is 17.3. The second kappa shape index (κ2) is 6.99. The van der Waals surface area contributed by atoms with Crippen LogP contribution in [-0.4, -0.2) is 46.6 Å². The molecule has 2 aliphatic heterocycles. The van der Waals surface area contributed by atoms with Crippen LogP contribution >= 0.6 is 0 Å². The number of nitrogens with zero attached hydrogens (tertiary/aromatic N) is 3. The van der Waals surface area contributed by atoms with E-state index < -0.39 is 0 Å². The van der Waals surface area contributed by atoms with Gasteiger partial charge in [0.2, 0.25) is 0 Å². The summed E-state index contributed by atoms with van der Waals surface area (Å²) in [5, 5.41) is 11.7. The number of likely N-dealkylation sites (N-methyl/N-ethyl adjacent to an activating group) is 1. The highest BCUT2D eigenvalue weighted by Crippen LogP contribution is 2.39. The molecule has 1 saturated heterocycles. The first-order valence-corrected chi connectivity index (χ1v) is 11.1. The van der Waals surface area contributed by atoms with E-state index in [9.17, 15) is 0 Å². The van der Waals surface area contributed by atoms with Crippen LogP contribution in [0.4, 0.5) is 5.82 Å². The molecule has 2 aliphatic carbocycles. The van der Waals surface area contributed by atoms with Gasteiger partial charge in [-0.2, -0.15) is 5.10 Å². The van der Waals surface area contributed by atoms with E-state index in [2.05, 4.69) is 43.5 Å². The molecule has 30 heavy (non-hydrogen) atoms. The third-order valence-electron chi connectivity index (χ3n) is 6.97. The Morgan fingerprint density at radius 1 is 1.27 bits per heavy atom. The molecule has 0 bridgehead atoms. The summed E-state index contributed by atoms with van der Waals surface area (Å²) in [6.45, 7) is 0.510. The van der Waals surface area contributed by atoms with E-state index in [-0.39, 0.29) is 12.3 Å². The summed E-state index contributed by atoms with van der Waals surface area (Å²) in [4.78, 5) is 8.08. The molecule has 2 aromatic rings. The van der Waals surface area contributed by atoms with Crippen molar-refractivity contribution in [2.45, 2.75) is 56.9 Å². The summed E-state index contributed by atoms with van der Waals surface area (Å²) in [7, 11) is 1.95. The highest BCUT2D eigenvalue weighted by atomic mass is 16.6. The van der Waals surface area contributed by atoms with Gasteiger partial charge in [-0.3, -0.25) is 5.32 Å². The lowest BCUT2D eigenvalue weighted by Gasteiger charge is -2.25. The Morgan fingerprint density at radius 2 is 2.13 bits per heavy atom. The van der Waals surface area contributed by atoms with Crippen LogP contribution in [0, 0.1) is 5.92 Å². The smallest absolute Gasteiger partial charge is 0.137 e. The Hall–Kier alpha value is -2.58. The highest BCUT2D eigenvalue weighted by molar-refractivity contribution is 6.07. The van der Waals surface area contributed by atoms with Crippen molar-refractivity contribution in [1.29, 1.82) is 0 Å². The molecule has 158 valence electrons. The fourth-order valence-electron chi connectivity index (χ4n) is 5.30. The van der Waals surface area contributed by atoms with Crippen LogP contribution in [0.5, 0.6) is 0 Å². The maximum atomic E-state index is 6.36. The number of nitrogens with two attached hydrogens (primary N) is 1. The molecular formula is C22H29N7O. The number of aliphatic imine (C=N–C) groups is 1. The number of epoxide rings is 1. The third-order valence-corrected chi connectivity index (χ3v) is 6.97. The molecule has 4 aliphatic rings. The molecule has 2 fully saturated rings. The first kappa shape index (κ1) is 18.2. The molecule has 1 saturated carbocycles. The summed E-state index contributed by atoms with van der Waals surface area (Å²) in [5.41, 5.74) is 11.7. The number of ether oxygens (including phenoxy) is 1. The lowest BCUT2D eigenvalue weighted by Crippen LogP contribution is -2.25. The predicted molar refractivity (Wildman–Crippen MR) is 117 cm³/mol. The van der Waals surface area contributed by atoms with Crippen molar-refractivity contribution in [3.8, 4) is 11.4 Å². The van der Waals surface area contributed by atoms with Crippen molar-refractivity contribution in [2.75, 3.05) is 19.0 Å². The van der Waals surface area contributed by atoms with Gasteiger partial charge in [-0.15, -0.1) is 0 Å². The number of fused-ring (bicyclic) bond motifs is 2. The second-order valence-corrected chi connectivity index (χ2v) is 8.84. The summed E-state index contributed by atoms with van der Waals surface area (Å²) >= 11 is 0. The van der Waals surface area contributed by atoms with Crippen LogP contribution in [0.15, 0.2) is 17.1 Å². The highest BCUT2D eigenvalue weighted by Gasteiger charge is 2.43. The van der Waals surface area contributed by atoms with Crippen LogP contribution in [-0.2, 0) is 11.2 Å². The molecule has 0 aromatic carbocycles. The van der Waals surface area contributed by atoms with Crippen LogP contribution in [0.25, 0.3) is 17.5 Å². The number of anilines is 1. The summed E-state index contributed by atoms with van der Waals surface area (Å²) < 4.78 is 7.92. The standard InChI is InChI=1S/C22H29N7O/c1-24-22-19(30-22)13-8-7-12-9-16(27-15(12)10-13)18-17-20(23)25-11-26-21(17)29(28-18)14-5-3-2-4-6-14/h7-9,13-14,19,22,24,26-27H,2-6,10-11H2,1H3,(H2,23,25)/t13?,19?,22-/m1/s1. The van der Waals surface area contributed by atoms with Gasteiger partial charge in [-0.25, -0.2) is 9.67 Å². The van der Waals surface area contributed by atoms with Gasteiger partial charge in [0.15, 0.2) is 0 Å². The molecule has 3 atom stereocenters. The van der Waals surface area contributed by atoms with E-state index in [1.807, 2.05) is 7.05 Å². The van der Waals surface area contributed by atoms with Gasteiger partial charge in [0.05, 0.1) is 17.3 Å². The van der Waals surface area contributed by atoms with Crippen molar-refractivity contribution in [1.82, 2.24) is 20.1 Å². The maximum absolute atomic E-state index is 6.36. The predicted octanol–water partition coefficient (Wildman–Crippen LogP) is 2.60. The van der Waals surface area contributed by atoms with Crippen molar-refractivity contribution in [2.24, 2.45) is 16.6 Å². The monoisotopic (exact) mass is 407 g/mol. The SMILES string of the molecule is CN[C@@H]1OC1C1C=Cc2cc(-c3nn(C4CCCCC4)c4c3C(N)=NCN4)[nH]c2C1. The minimum Gasteiger partial charge on any atom is -0.383 e. The molecule has 6 rings (SSSR count). The minimum absolute atomic E-state index is 0.177. The van der Waals surface area contributed by atoms with Crippen LogP contribution in [0.2, 0.25) is 0 Å². The molecule has 0 radical (unpaired) electrons. The Kier molecular flexibility index (Phi) is 4.24. The molecule has 8 nitrogen and oxygen atoms in total. The van der Waals surface area contributed by atoms with Crippen LogP contribution in [0.1, 0.15) is 55.0 Å². The van der Waals surface area contributed by atoms with Gasteiger partial charge in [0, 0.05) is 11.6 Å². The quantitative estimate of drug-likeness (QED) is 0.583. The minimum atomic E-state index is 0.177. The zero-order chi connectivity index (χ0) is 20.2. The van der Waals surface area contributed by atoms with Crippen molar-refractivity contribution < 1.29 is 4.74 Å². The summed E-state index contributed by atoms with van der Waals surface area (Å²) in [5.74, 6) is 1.99. The van der Waals surface area contributed by atoms with Crippen LogP contribution in [0.3, 0.4) is 0 Å². The number of rotatable bonds is 4. The number of H-pyrrole nitrogens is 1. The number of hydrogen-bond donors (Lipinski definition) is 4. The molecule has 2 unspecified atom stereocenters. The van der Waals surface area contributed by atoms with Crippen LogP contribution < -0.4 is 16.4 Å². The van der Waals surface area contributed by atoms with Gasteiger partial charge >= 0.3 is 0 Å². The maximum Gasteiger partial charge on any atom is 0.137 e. The normalized spacial score (nSPS) is 27.9. The zero-order valence-electron chi connectivity index (χ0n) is 17.3. The Morgan fingerprint density at radius 3 is 2.93 bits per heavy atom. The number of amidine groups is 1. The molecular weight excluding hydrogens is 378 g/mol. The molecule has 0 amide bonds. The van der Waals surface area contributed by atoms with E-state index in [0.29, 0.717) is 24.5 Å². The number of aromatic nitrogens is 3. The van der Waals surface area contributed by atoms with Gasteiger partial charge in [-0.05, 0) is 37.9 Å². The second-order valence-electron chi connectivity index (χ2n) is 8.84. The Labute approximate surface area is 176 Å². The van der Waals surface area contributed by atoms with Crippen molar-refractivity contribution in [3.05, 3.63) is 29.0 Å². The molecule has 8 heteroatoms. The molecule has 2 aromatic heterocycles. The fraction of sp³-hybridized carbons (Fsp3) is 0.545. The van der Waals surface area contributed by atoms with Crippen molar-refractivity contribution >= 4 is 17.7 Å². The lowest BCUT2D eigenvalue weighted by atomic mass is 9.92. The molecule has 4 heterocycles. The van der Waals surface area contributed by atoms with E-state index >= 15 is 0 Å². The first-order chi connectivity index (χ1) is 14.7. The number of nitrogens with one attached hydrogen (secondary N) is 3.